The average molecular weight is 463 g/mol. The highest BCUT2D eigenvalue weighted by atomic mass is 32.2. The Labute approximate surface area is 193 Å². The standard InChI is InChI=1S/C25H22FN3O3S/c1-2-21(18-11-3-5-13-20(18)26)28-25(30)19-12-4-6-14-22(19)29(33(31)32)23-15-7-9-17-10-8-16-27-24(17)23/h3-16,21H,2H2,1H3,(H,28,30)(H,31,32)/p-1. The van der Waals surface area contributed by atoms with Gasteiger partial charge in [-0.15, -0.1) is 0 Å². The molecule has 0 aliphatic carbocycles. The summed E-state index contributed by atoms with van der Waals surface area (Å²) >= 11 is -2.74. The molecule has 1 aromatic heterocycles. The highest BCUT2D eigenvalue weighted by Gasteiger charge is 2.23. The van der Waals surface area contributed by atoms with E-state index in [1.807, 2.05) is 19.1 Å². The monoisotopic (exact) mass is 462 g/mol. The van der Waals surface area contributed by atoms with Crippen LogP contribution in [0.3, 0.4) is 0 Å². The largest absolute Gasteiger partial charge is 0.755 e. The summed E-state index contributed by atoms with van der Waals surface area (Å²) in [4.78, 5) is 17.6. The fourth-order valence-electron chi connectivity index (χ4n) is 3.78. The number of halogens is 1. The molecule has 2 unspecified atom stereocenters. The van der Waals surface area contributed by atoms with Gasteiger partial charge in [0.2, 0.25) is 0 Å². The number of benzene rings is 3. The van der Waals surface area contributed by atoms with Crippen molar-refractivity contribution in [2.24, 2.45) is 0 Å². The Morgan fingerprint density at radius 3 is 2.48 bits per heavy atom. The van der Waals surface area contributed by atoms with E-state index < -0.39 is 29.0 Å². The number of fused-ring (bicyclic) bond motifs is 1. The van der Waals surface area contributed by atoms with Crippen LogP contribution in [-0.4, -0.2) is 19.7 Å². The van der Waals surface area contributed by atoms with Crippen LogP contribution in [0.15, 0.2) is 85.1 Å². The molecule has 1 N–H and O–H groups in total. The average Bonchev–Trinajstić information content (AvgIpc) is 2.83. The topological polar surface area (TPSA) is 85.4 Å². The molecule has 0 saturated carbocycles. The van der Waals surface area contributed by atoms with Gasteiger partial charge in [-0.2, -0.15) is 0 Å². The first-order valence-electron chi connectivity index (χ1n) is 10.4. The molecular formula is C25H21FN3O3S-. The second kappa shape index (κ2) is 9.89. The summed E-state index contributed by atoms with van der Waals surface area (Å²) in [6.45, 7) is 1.84. The second-order valence-corrected chi connectivity index (χ2v) is 8.14. The van der Waals surface area contributed by atoms with E-state index in [1.165, 1.54) is 12.1 Å². The first kappa shape index (κ1) is 22.6. The van der Waals surface area contributed by atoms with E-state index in [0.717, 1.165) is 9.69 Å². The van der Waals surface area contributed by atoms with Gasteiger partial charge in [-0.3, -0.25) is 18.3 Å². The Balaban J connectivity index is 1.76. The van der Waals surface area contributed by atoms with Crippen molar-refractivity contribution in [2.45, 2.75) is 19.4 Å². The van der Waals surface area contributed by atoms with Gasteiger partial charge in [0, 0.05) is 17.1 Å². The molecule has 0 aliphatic heterocycles. The number of nitrogens with zero attached hydrogens (tertiary/aromatic N) is 2. The van der Waals surface area contributed by atoms with Crippen LogP contribution in [0.2, 0.25) is 0 Å². The molecule has 0 fully saturated rings. The summed E-state index contributed by atoms with van der Waals surface area (Å²) in [6.07, 6.45) is 2.04. The van der Waals surface area contributed by atoms with Crippen molar-refractivity contribution in [1.82, 2.24) is 10.3 Å². The predicted octanol–water partition coefficient (Wildman–Crippen LogP) is 5.19. The van der Waals surface area contributed by atoms with E-state index in [9.17, 15) is 17.9 Å². The SMILES string of the molecule is CCC(NC(=O)c1ccccc1N(c1cccc2cccnc12)S(=O)[O-])c1ccccc1F. The molecule has 0 radical (unpaired) electrons. The maximum Gasteiger partial charge on any atom is 0.253 e. The summed E-state index contributed by atoms with van der Waals surface area (Å²) in [5.41, 5.74) is 1.49. The maximum atomic E-state index is 14.3. The minimum atomic E-state index is -2.74. The van der Waals surface area contributed by atoms with Crippen LogP contribution in [-0.2, 0) is 11.3 Å². The number of hydrogen-bond donors (Lipinski definition) is 1. The van der Waals surface area contributed by atoms with Crippen LogP contribution in [0.5, 0.6) is 0 Å². The number of nitrogens with one attached hydrogen (secondary N) is 1. The number of para-hydroxylation sites is 2. The van der Waals surface area contributed by atoms with Crippen molar-refractivity contribution in [1.29, 1.82) is 0 Å². The van der Waals surface area contributed by atoms with Gasteiger partial charge < -0.3 is 9.87 Å². The van der Waals surface area contributed by atoms with Crippen molar-refractivity contribution < 1.29 is 17.9 Å². The van der Waals surface area contributed by atoms with Crippen molar-refractivity contribution in [3.05, 3.63) is 102 Å². The highest BCUT2D eigenvalue weighted by Crippen LogP contribution is 2.34. The number of anilines is 2. The molecule has 8 heteroatoms. The normalized spacial score (nSPS) is 12.8. The van der Waals surface area contributed by atoms with Gasteiger partial charge in [-0.25, -0.2) is 4.39 Å². The van der Waals surface area contributed by atoms with Crippen LogP contribution in [0.1, 0.15) is 35.3 Å². The van der Waals surface area contributed by atoms with E-state index in [4.69, 9.17) is 0 Å². The summed E-state index contributed by atoms with van der Waals surface area (Å²) < 4.78 is 40.1. The van der Waals surface area contributed by atoms with Crippen molar-refractivity contribution in [3.8, 4) is 0 Å². The number of carbonyl (C=O) groups is 1. The van der Waals surface area contributed by atoms with Crippen LogP contribution in [0.25, 0.3) is 10.9 Å². The van der Waals surface area contributed by atoms with Crippen LogP contribution in [0.4, 0.5) is 15.8 Å². The van der Waals surface area contributed by atoms with Gasteiger partial charge in [0.05, 0.1) is 39.8 Å². The number of hydrogen-bond acceptors (Lipinski definition) is 4. The molecular weight excluding hydrogens is 441 g/mol. The van der Waals surface area contributed by atoms with Gasteiger partial charge in [-0.05, 0) is 36.8 Å². The summed E-state index contributed by atoms with van der Waals surface area (Å²) in [5, 5.41) is 3.60. The second-order valence-electron chi connectivity index (χ2n) is 7.34. The predicted molar refractivity (Wildman–Crippen MR) is 126 cm³/mol. The molecule has 33 heavy (non-hydrogen) atoms. The molecule has 0 spiro atoms. The molecule has 0 aliphatic rings. The Morgan fingerprint density at radius 2 is 1.73 bits per heavy atom. The van der Waals surface area contributed by atoms with E-state index in [0.29, 0.717) is 23.2 Å². The van der Waals surface area contributed by atoms with Crippen molar-refractivity contribution in [2.75, 3.05) is 4.31 Å². The quantitative estimate of drug-likeness (QED) is 0.383. The van der Waals surface area contributed by atoms with Crippen LogP contribution < -0.4 is 9.62 Å². The highest BCUT2D eigenvalue weighted by molar-refractivity contribution is 7.81. The number of rotatable bonds is 7. The fraction of sp³-hybridized carbons (Fsp3) is 0.120. The number of carbonyl (C=O) groups excluding carboxylic acids is 1. The Morgan fingerprint density at radius 1 is 1.03 bits per heavy atom. The van der Waals surface area contributed by atoms with Crippen LogP contribution in [0, 0.1) is 5.82 Å². The number of pyridine rings is 1. The zero-order valence-corrected chi connectivity index (χ0v) is 18.6. The van der Waals surface area contributed by atoms with E-state index >= 15 is 0 Å². The lowest BCUT2D eigenvalue weighted by Gasteiger charge is -2.29. The van der Waals surface area contributed by atoms with Gasteiger partial charge in [-0.1, -0.05) is 55.5 Å². The van der Waals surface area contributed by atoms with Gasteiger partial charge in [0.15, 0.2) is 0 Å². The van der Waals surface area contributed by atoms with Crippen molar-refractivity contribution in [3.63, 3.8) is 0 Å². The van der Waals surface area contributed by atoms with E-state index in [1.54, 1.807) is 60.8 Å². The zero-order valence-electron chi connectivity index (χ0n) is 17.8. The Kier molecular flexibility index (Phi) is 6.76. The molecule has 1 heterocycles. The van der Waals surface area contributed by atoms with Gasteiger partial charge in [0.1, 0.15) is 5.82 Å². The maximum absolute atomic E-state index is 14.3. The molecule has 0 saturated heterocycles. The van der Waals surface area contributed by atoms with Gasteiger partial charge >= 0.3 is 0 Å². The third kappa shape index (κ3) is 4.62. The van der Waals surface area contributed by atoms with E-state index in [-0.39, 0.29) is 11.3 Å². The van der Waals surface area contributed by atoms with E-state index in [2.05, 4.69) is 10.3 Å². The van der Waals surface area contributed by atoms with Crippen molar-refractivity contribution >= 4 is 39.5 Å². The molecule has 1 amide bonds. The molecule has 4 rings (SSSR count). The van der Waals surface area contributed by atoms with Crippen LogP contribution >= 0.6 is 0 Å². The zero-order chi connectivity index (χ0) is 23.4. The molecule has 3 aromatic carbocycles. The lowest BCUT2D eigenvalue weighted by Crippen LogP contribution is -2.31. The summed E-state index contributed by atoms with van der Waals surface area (Å²) in [5.74, 6) is -0.925. The lowest BCUT2D eigenvalue weighted by atomic mass is 10.0. The molecule has 2 atom stereocenters. The minimum absolute atomic E-state index is 0.143. The lowest BCUT2D eigenvalue weighted by molar-refractivity contribution is 0.0935. The first-order chi connectivity index (χ1) is 16.0. The summed E-state index contributed by atoms with van der Waals surface area (Å²) in [6, 6.07) is 20.9. The minimum Gasteiger partial charge on any atom is -0.755 e. The molecule has 168 valence electrons. The fourth-order valence-corrected chi connectivity index (χ4v) is 4.41. The smallest absolute Gasteiger partial charge is 0.253 e. The number of aromatic nitrogens is 1. The Bertz CT molecular complexity index is 1330. The first-order valence-corrected chi connectivity index (χ1v) is 11.4. The van der Waals surface area contributed by atoms with Gasteiger partial charge in [0.25, 0.3) is 5.91 Å². The molecule has 6 nitrogen and oxygen atoms in total. The number of amides is 1. The third-order valence-corrected chi connectivity index (χ3v) is 6.03. The molecule has 4 aromatic rings. The third-order valence-electron chi connectivity index (χ3n) is 5.34. The Hall–Kier alpha value is -3.62. The summed E-state index contributed by atoms with van der Waals surface area (Å²) in [7, 11) is 0. The molecule has 0 bridgehead atoms.